The highest BCUT2D eigenvalue weighted by Crippen LogP contribution is 2.35. The van der Waals surface area contributed by atoms with Gasteiger partial charge in [0, 0.05) is 25.0 Å². The Morgan fingerprint density at radius 1 is 1.16 bits per heavy atom. The summed E-state index contributed by atoms with van der Waals surface area (Å²) in [6.45, 7) is 2.26. The zero-order chi connectivity index (χ0) is 29.8. The van der Waals surface area contributed by atoms with Crippen molar-refractivity contribution in [3.05, 3.63) is 106 Å². The van der Waals surface area contributed by atoms with Crippen molar-refractivity contribution in [2.75, 3.05) is 0 Å². The monoisotopic (exact) mass is 581 g/mol. The SMILES string of the molecule is Cc1c(C(=O)O)ccc2c1CC[C@@H]2NC(=O)c1cc(C(=O)NCc2ccc3c(c2)-n2ccnc2CO3)nc2c(F)cnn12. The van der Waals surface area contributed by atoms with Crippen LogP contribution in [0.25, 0.3) is 11.3 Å². The molecule has 0 saturated carbocycles. The number of hydrogen-bond donors (Lipinski definition) is 3. The van der Waals surface area contributed by atoms with Crippen molar-refractivity contribution < 1.29 is 28.6 Å². The minimum absolute atomic E-state index is 0.0649. The molecule has 1 atom stereocenters. The third kappa shape index (κ3) is 4.45. The summed E-state index contributed by atoms with van der Waals surface area (Å²) in [6.07, 6.45) is 5.62. The van der Waals surface area contributed by atoms with Crippen LogP contribution < -0.4 is 15.4 Å². The molecule has 7 rings (SSSR count). The van der Waals surface area contributed by atoms with Gasteiger partial charge < -0.3 is 20.5 Å². The van der Waals surface area contributed by atoms with Gasteiger partial charge in [0.15, 0.2) is 17.3 Å². The molecule has 0 bridgehead atoms. The number of aromatic carboxylic acids is 1. The van der Waals surface area contributed by atoms with Crippen LogP contribution >= 0.6 is 0 Å². The number of hydrogen-bond acceptors (Lipinski definition) is 7. The molecule has 1 aliphatic carbocycles. The maximum absolute atomic E-state index is 14.6. The summed E-state index contributed by atoms with van der Waals surface area (Å²) < 4.78 is 23.3. The molecule has 5 aromatic rings. The number of rotatable bonds is 6. The fraction of sp³-hybridized carbons (Fsp3) is 0.200. The number of nitrogens with one attached hydrogen (secondary N) is 2. The predicted molar refractivity (Wildman–Crippen MR) is 149 cm³/mol. The first-order chi connectivity index (χ1) is 20.8. The van der Waals surface area contributed by atoms with Gasteiger partial charge in [-0.15, -0.1) is 0 Å². The Hall–Kier alpha value is -5.59. The first kappa shape index (κ1) is 26.3. The van der Waals surface area contributed by atoms with E-state index < -0.39 is 29.6 Å². The van der Waals surface area contributed by atoms with E-state index in [-0.39, 0.29) is 29.1 Å². The molecule has 3 aromatic heterocycles. The normalized spacial score (nSPS) is 14.9. The van der Waals surface area contributed by atoms with Gasteiger partial charge in [0.1, 0.15) is 23.7 Å². The molecule has 0 saturated heterocycles. The van der Waals surface area contributed by atoms with Crippen LogP contribution in [0.15, 0.2) is 55.0 Å². The number of carbonyl (C=O) groups excluding carboxylic acids is 2. The average molecular weight is 582 g/mol. The van der Waals surface area contributed by atoms with Gasteiger partial charge >= 0.3 is 5.97 Å². The summed E-state index contributed by atoms with van der Waals surface area (Å²) in [5, 5.41) is 19.1. The van der Waals surface area contributed by atoms with E-state index in [2.05, 4.69) is 25.7 Å². The van der Waals surface area contributed by atoms with Crippen LogP contribution in [0.4, 0.5) is 4.39 Å². The van der Waals surface area contributed by atoms with Gasteiger partial charge in [0.05, 0.1) is 23.5 Å². The number of imidazole rings is 1. The molecule has 0 radical (unpaired) electrons. The highest BCUT2D eigenvalue weighted by atomic mass is 19.1. The molecule has 4 heterocycles. The lowest BCUT2D eigenvalue weighted by Crippen LogP contribution is -2.30. The first-order valence-electron chi connectivity index (χ1n) is 13.6. The van der Waals surface area contributed by atoms with Crippen LogP contribution in [-0.4, -0.2) is 47.0 Å². The maximum Gasteiger partial charge on any atom is 0.335 e. The molecule has 1 aliphatic heterocycles. The van der Waals surface area contributed by atoms with E-state index in [4.69, 9.17) is 4.74 Å². The van der Waals surface area contributed by atoms with Crippen molar-refractivity contribution in [3.63, 3.8) is 0 Å². The van der Waals surface area contributed by atoms with Gasteiger partial charge in [-0.1, -0.05) is 12.1 Å². The van der Waals surface area contributed by atoms with E-state index in [0.717, 1.165) is 38.9 Å². The Labute approximate surface area is 243 Å². The van der Waals surface area contributed by atoms with Crippen molar-refractivity contribution >= 4 is 23.4 Å². The Kier molecular flexibility index (Phi) is 6.15. The second kappa shape index (κ2) is 10.0. The second-order valence-electron chi connectivity index (χ2n) is 10.4. The van der Waals surface area contributed by atoms with Gasteiger partial charge in [-0.25, -0.2) is 23.7 Å². The Bertz CT molecular complexity index is 1980. The van der Waals surface area contributed by atoms with E-state index in [1.165, 1.54) is 12.1 Å². The molecular formula is C30H24FN7O5. The highest BCUT2D eigenvalue weighted by Gasteiger charge is 2.29. The van der Waals surface area contributed by atoms with E-state index in [9.17, 15) is 23.9 Å². The van der Waals surface area contributed by atoms with Gasteiger partial charge in [-0.2, -0.15) is 5.10 Å². The van der Waals surface area contributed by atoms with E-state index in [1.54, 1.807) is 19.2 Å². The third-order valence-corrected chi connectivity index (χ3v) is 7.93. The smallest absolute Gasteiger partial charge is 0.335 e. The molecule has 0 fully saturated rings. The first-order valence-corrected chi connectivity index (χ1v) is 13.6. The largest absolute Gasteiger partial charge is 0.483 e. The van der Waals surface area contributed by atoms with Gasteiger partial charge in [-0.3, -0.25) is 14.2 Å². The fourth-order valence-corrected chi connectivity index (χ4v) is 5.77. The number of nitrogens with zero attached hydrogens (tertiary/aromatic N) is 5. The van der Waals surface area contributed by atoms with Gasteiger partial charge in [0.2, 0.25) is 0 Å². The van der Waals surface area contributed by atoms with Gasteiger partial charge in [0.25, 0.3) is 11.8 Å². The summed E-state index contributed by atoms with van der Waals surface area (Å²) in [7, 11) is 0. The molecular weight excluding hydrogens is 557 g/mol. The van der Waals surface area contributed by atoms with Crippen LogP contribution in [0, 0.1) is 12.7 Å². The number of carbonyl (C=O) groups is 3. The second-order valence-corrected chi connectivity index (χ2v) is 10.4. The molecule has 3 N–H and O–H groups in total. The highest BCUT2D eigenvalue weighted by molar-refractivity contribution is 5.98. The van der Waals surface area contributed by atoms with Crippen molar-refractivity contribution in [1.29, 1.82) is 0 Å². The Morgan fingerprint density at radius 3 is 2.86 bits per heavy atom. The predicted octanol–water partition coefficient (Wildman–Crippen LogP) is 3.30. The topological polar surface area (TPSA) is 153 Å². The van der Waals surface area contributed by atoms with Crippen molar-refractivity contribution in [2.45, 2.75) is 39.0 Å². The lowest BCUT2D eigenvalue weighted by molar-refractivity contribution is 0.0695. The molecule has 2 aliphatic rings. The molecule has 12 nitrogen and oxygen atoms in total. The summed E-state index contributed by atoms with van der Waals surface area (Å²) >= 11 is 0. The Morgan fingerprint density at radius 2 is 2.02 bits per heavy atom. The summed E-state index contributed by atoms with van der Waals surface area (Å²) in [4.78, 5) is 46.6. The van der Waals surface area contributed by atoms with E-state index in [0.29, 0.717) is 30.8 Å². The van der Waals surface area contributed by atoms with Crippen LogP contribution in [-0.2, 0) is 19.6 Å². The third-order valence-electron chi connectivity index (χ3n) is 7.93. The minimum atomic E-state index is -1.01. The molecule has 216 valence electrons. The number of fused-ring (bicyclic) bond motifs is 5. The minimum Gasteiger partial charge on any atom is -0.483 e. The van der Waals surface area contributed by atoms with Crippen molar-refractivity contribution in [2.24, 2.45) is 0 Å². The molecule has 43 heavy (non-hydrogen) atoms. The maximum atomic E-state index is 14.6. The fourth-order valence-electron chi connectivity index (χ4n) is 5.77. The van der Waals surface area contributed by atoms with Crippen molar-refractivity contribution in [3.8, 4) is 11.4 Å². The molecule has 0 spiro atoms. The zero-order valence-electron chi connectivity index (χ0n) is 22.8. The number of carboxylic acids is 1. The molecule has 0 unspecified atom stereocenters. The van der Waals surface area contributed by atoms with Crippen LogP contribution in [0.5, 0.6) is 5.75 Å². The zero-order valence-corrected chi connectivity index (χ0v) is 22.8. The summed E-state index contributed by atoms with van der Waals surface area (Å²) in [5.74, 6) is -1.50. The molecule has 13 heteroatoms. The molecule has 2 amide bonds. The lowest BCUT2D eigenvalue weighted by atomic mass is 9.98. The lowest BCUT2D eigenvalue weighted by Gasteiger charge is -2.20. The number of halogens is 1. The quantitative estimate of drug-likeness (QED) is 0.276. The van der Waals surface area contributed by atoms with E-state index >= 15 is 0 Å². The summed E-state index contributed by atoms with van der Waals surface area (Å²) in [6, 6.07) is 9.64. The van der Waals surface area contributed by atoms with Crippen LogP contribution in [0.2, 0.25) is 0 Å². The van der Waals surface area contributed by atoms with Crippen LogP contribution in [0.1, 0.15) is 71.9 Å². The van der Waals surface area contributed by atoms with Crippen LogP contribution in [0.3, 0.4) is 0 Å². The molecule has 2 aromatic carbocycles. The number of amides is 2. The summed E-state index contributed by atoms with van der Waals surface area (Å²) in [5.41, 5.74) is 3.70. The van der Waals surface area contributed by atoms with Gasteiger partial charge in [-0.05, 0) is 60.2 Å². The Balaban J connectivity index is 1.13. The average Bonchev–Trinajstić information content (AvgIpc) is 3.74. The standard InChI is InChI=1S/C30H24FN7O5/c1-15-17-5-6-21(19(17)4-3-18(15)30(41)42)36-29(40)24-11-22(35-27-20(31)13-34-38(24)27)28(39)33-12-16-2-7-25-23(10-16)37-9-8-32-26(37)14-43-25/h2-4,7-11,13,21H,5-6,12,14H2,1H3,(H,33,39)(H,36,40)(H,41,42)/t21-/m0/s1. The van der Waals surface area contributed by atoms with Crippen molar-refractivity contribution in [1.82, 2.24) is 34.8 Å². The number of benzene rings is 2. The van der Waals surface area contributed by atoms with E-state index in [1.807, 2.05) is 29.0 Å². The number of aromatic nitrogens is 5. The number of ether oxygens (including phenoxy) is 1. The number of carboxylic acid groups (broad SMARTS) is 1.